The van der Waals surface area contributed by atoms with E-state index >= 15 is 0 Å². The monoisotopic (exact) mass is 1010 g/mol. The molecule has 6 aromatic carbocycles. The molecule has 0 bridgehead atoms. The van der Waals surface area contributed by atoms with Gasteiger partial charge in [-0.2, -0.15) is 0 Å². The zero-order valence-electron chi connectivity index (χ0n) is 42.9. The van der Waals surface area contributed by atoms with Crippen molar-refractivity contribution >= 4 is 67.5 Å². The number of para-hydroxylation sites is 3. The molecule has 386 valence electrons. The molecule has 3 amide bonds. The number of hydrogen-bond donors (Lipinski definition) is 4. The molecule has 9 aromatic rings. The van der Waals surface area contributed by atoms with Crippen LogP contribution in [0.3, 0.4) is 0 Å². The number of hydrogen-bond acceptors (Lipinski definition) is 13. The minimum atomic E-state index is -0.234. The summed E-state index contributed by atoms with van der Waals surface area (Å²) in [5.41, 5.74) is 5.63. The second-order valence-electron chi connectivity index (χ2n) is 15.6. The van der Waals surface area contributed by atoms with E-state index < -0.39 is 0 Å². The van der Waals surface area contributed by atoms with Crippen LogP contribution in [0, 0.1) is 0 Å². The number of anilines is 3. The highest BCUT2D eigenvalue weighted by Gasteiger charge is 2.18. The van der Waals surface area contributed by atoms with Crippen LogP contribution in [-0.4, -0.2) is 85.5 Å². The number of aliphatic hydroxyl groups is 1. The van der Waals surface area contributed by atoms with Crippen molar-refractivity contribution in [2.45, 2.75) is 27.7 Å². The van der Waals surface area contributed by atoms with Crippen molar-refractivity contribution in [1.82, 2.24) is 15.0 Å². The highest BCUT2D eigenvalue weighted by molar-refractivity contribution is 6.12. The number of carbonyl (C=O) groups is 3. The number of benzene rings is 6. The Morgan fingerprint density at radius 2 is 0.653 bits per heavy atom. The number of carbonyl (C=O) groups excluding carboxylic acids is 3. The highest BCUT2D eigenvalue weighted by Crippen LogP contribution is 2.34. The fourth-order valence-corrected chi connectivity index (χ4v) is 7.65. The molecule has 0 saturated heterocycles. The number of aliphatic hydroxyl groups excluding tert-OH is 1. The summed E-state index contributed by atoms with van der Waals surface area (Å²) < 4.78 is 32.6. The molecule has 9 rings (SSSR count). The summed E-state index contributed by atoms with van der Waals surface area (Å²) in [6.45, 7) is 9.36. The number of pyridine rings is 3. The van der Waals surface area contributed by atoms with Crippen molar-refractivity contribution in [3.63, 3.8) is 0 Å². The van der Waals surface area contributed by atoms with Gasteiger partial charge in [0.05, 0.1) is 74.9 Å². The predicted octanol–water partition coefficient (Wildman–Crippen LogP) is 11.7. The number of amides is 3. The molecule has 3 aromatic heterocycles. The van der Waals surface area contributed by atoms with Crippen molar-refractivity contribution in [3.8, 4) is 34.5 Å². The van der Waals surface area contributed by atoms with Gasteiger partial charge in [-0.25, -0.2) is 0 Å². The Bertz CT molecular complexity index is 3000. The number of fused-ring (bicyclic) bond motifs is 3. The summed E-state index contributed by atoms with van der Waals surface area (Å²) in [7, 11) is 4.63. The molecular weight excluding hydrogens is 953 g/mol. The van der Waals surface area contributed by atoms with Crippen molar-refractivity contribution in [1.29, 1.82) is 0 Å². The van der Waals surface area contributed by atoms with Gasteiger partial charge < -0.3 is 49.5 Å². The molecule has 0 atom stereocenters. The van der Waals surface area contributed by atoms with Crippen LogP contribution in [0.1, 0.15) is 58.8 Å². The van der Waals surface area contributed by atoms with Crippen LogP contribution >= 0.6 is 0 Å². The Labute approximate surface area is 435 Å². The molecule has 0 saturated carbocycles. The smallest absolute Gasteiger partial charge is 0.259 e. The first kappa shape index (κ1) is 55.0. The first-order valence-electron chi connectivity index (χ1n) is 24.1. The van der Waals surface area contributed by atoms with E-state index in [1.165, 1.54) is 0 Å². The highest BCUT2D eigenvalue weighted by atomic mass is 16.5. The molecular formula is C59H60N6O10. The van der Waals surface area contributed by atoms with E-state index in [-0.39, 0.29) is 24.3 Å². The summed E-state index contributed by atoms with van der Waals surface area (Å²) in [5.74, 6) is 2.98. The molecule has 0 radical (unpaired) electrons. The molecule has 4 N–H and O–H groups in total. The Balaban J connectivity index is 0.000000178. The number of rotatable bonds is 15. The van der Waals surface area contributed by atoms with Crippen LogP contribution < -0.4 is 44.4 Å². The number of nitrogens with zero attached hydrogens (tertiary/aromatic N) is 3. The third-order valence-corrected chi connectivity index (χ3v) is 10.9. The number of nitrogens with one attached hydrogen (secondary N) is 3. The number of methoxy groups -OCH3 is 3. The SMILES string of the molecule is CCO.CCOc1ccc(NC(=O)c2ccccc2OC)c2cccnc12.CCOc1ccc(NC(=O)c2ccccc2OC)c2cccnc12.CCOc1ccc(NC(=O)c2ccccc2OC)c2cccnc12. The Morgan fingerprint density at radius 3 is 0.907 bits per heavy atom. The van der Waals surface area contributed by atoms with Gasteiger partial charge in [0.15, 0.2) is 0 Å². The van der Waals surface area contributed by atoms with Gasteiger partial charge in [-0.3, -0.25) is 29.3 Å². The molecule has 0 spiro atoms. The van der Waals surface area contributed by atoms with Crippen LogP contribution in [0.25, 0.3) is 32.7 Å². The Morgan fingerprint density at radius 1 is 0.387 bits per heavy atom. The fourth-order valence-electron chi connectivity index (χ4n) is 7.65. The summed E-state index contributed by atoms with van der Waals surface area (Å²) in [6, 6.07) is 43.4. The van der Waals surface area contributed by atoms with Gasteiger partial charge in [-0.1, -0.05) is 36.4 Å². The van der Waals surface area contributed by atoms with Gasteiger partial charge in [0.25, 0.3) is 17.7 Å². The lowest BCUT2D eigenvalue weighted by molar-refractivity contribution is 0.101. The van der Waals surface area contributed by atoms with Crippen molar-refractivity contribution < 1.29 is 47.9 Å². The van der Waals surface area contributed by atoms with Crippen molar-refractivity contribution in [3.05, 3.63) is 181 Å². The van der Waals surface area contributed by atoms with Gasteiger partial charge in [-0.05, 0) is 137 Å². The third-order valence-electron chi connectivity index (χ3n) is 10.9. The summed E-state index contributed by atoms with van der Waals surface area (Å²) in [6.07, 6.45) is 5.12. The topological polar surface area (TPSA) is 202 Å². The first-order valence-corrected chi connectivity index (χ1v) is 24.1. The summed E-state index contributed by atoms with van der Waals surface area (Å²) in [5, 5.41) is 18.8. The molecule has 0 aliphatic carbocycles. The quantitative estimate of drug-likeness (QED) is 0.0756. The summed E-state index contributed by atoms with van der Waals surface area (Å²) >= 11 is 0. The second-order valence-corrected chi connectivity index (χ2v) is 15.6. The minimum Gasteiger partial charge on any atom is -0.496 e. The maximum atomic E-state index is 12.6. The lowest BCUT2D eigenvalue weighted by atomic mass is 10.1. The second kappa shape index (κ2) is 28.1. The molecule has 0 aliphatic heterocycles. The van der Waals surface area contributed by atoms with E-state index in [9.17, 15) is 14.4 Å². The predicted molar refractivity (Wildman–Crippen MR) is 294 cm³/mol. The van der Waals surface area contributed by atoms with Gasteiger partial charge in [0.1, 0.15) is 51.0 Å². The van der Waals surface area contributed by atoms with E-state index in [2.05, 4.69) is 30.9 Å². The number of ether oxygens (including phenoxy) is 6. The van der Waals surface area contributed by atoms with E-state index in [0.717, 1.165) is 32.7 Å². The lowest BCUT2D eigenvalue weighted by Gasteiger charge is -2.13. The van der Waals surface area contributed by atoms with Crippen LogP contribution in [0.5, 0.6) is 34.5 Å². The van der Waals surface area contributed by atoms with Gasteiger partial charge in [-0.15, -0.1) is 0 Å². The van der Waals surface area contributed by atoms with Crippen LogP contribution in [0.4, 0.5) is 17.1 Å². The van der Waals surface area contributed by atoms with Crippen molar-refractivity contribution in [2.75, 3.05) is 63.7 Å². The molecule has 0 aliphatic rings. The standard InChI is InChI=1S/3C19H18N2O3.C2H6O/c3*1-3-24-17-11-10-15(13-8-6-12-20-18(13)17)21-19(22)14-7-4-5-9-16(14)23-2;1-2-3/h3*4-12H,3H2,1-2H3,(H,21,22);3H,2H2,1H3. The van der Waals surface area contributed by atoms with Gasteiger partial charge >= 0.3 is 0 Å². The Kier molecular flexibility index (Phi) is 20.6. The van der Waals surface area contributed by atoms with E-state index in [0.29, 0.717) is 88.1 Å². The molecule has 0 fully saturated rings. The van der Waals surface area contributed by atoms with E-state index in [4.69, 9.17) is 33.5 Å². The molecule has 16 nitrogen and oxygen atoms in total. The zero-order valence-corrected chi connectivity index (χ0v) is 42.9. The van der Waals surface area contributed by atoms with Crippen LogP contribution in [0.2, 0.25) is 0 Å². The molecule has 75 heavy (non-hydrogen) atoms. The van der Waals surface area contributed by atoms with E-state index in [1.807, 2.05) is 112 Å². The average molecular weight is 1010 g/mol. The first-order chi connectivity index (χ1) is 36.6. The third kappa shape index (κ3) is 14.0. The van der Waals surface area contributed by atoms with Crippen molar-refractivity contribution in [2.24, 2.45) is 0 Å². The number of aromatic nitrogens is 3. The zero-order chi connectivity index (χ0) is 53.5. The summed E-state index contributed by atoms with van der Waals surface area (Å²) in [4.78, 5) is 50.9. The maximum absolute atomic E-state index is 12.6. The molecule has 16 heteroatoms. The van der Waals surface area contributed by atoms with Gasteiger partial charge in [0.2, 0.25) is 0 Å². The van der Waals surface area contributed by atoms with Crippen LogP contribution in [-0.2, 0) is 0 Å². The largest absolute Gasteiger partial charge is 0.496 e. The average Bonchev–Trinajstić information content (AvgIpc) is 3.45. The Hall–Kier alpha value is -9.28. The molecule has 0 unspecified atom stereocenters. The molecule has 3 heterocycles. The normalized spacial score (nSPS) is 10.2. The van der Waals surface area contributed by atoms with E-state index in [1.54, 1.807) is 101 Å². The lowest BCUT2D eigenvalue weighted by Crippen LogP contribution is -2.13. The van der Waals surface area contributed by atoms with Gasteiger partial charge in [0, 0.05) is 41.4 Å². The van der Waals surface area contributed by atoms with Crippen LogP contribution in [0.15, 0.2) is 164 Å². The minimum absolute atomic E-state index is 0.234. The maximum Gasteiger partial charge on any atom is 0.259 e. The fraction of sp³-hybridized carbons (Fsp3) is 0.186.